The Morgan fingerprint density at radius 2 is 1.74 bits per heavy atom. The van der Waals surface area contributed by atoms with Crippen LogP contribution in [0.3, 0.4) is 0 Å². The topological polar surface area (TPSA) is 151 Å². The van der Waals surface area contributed by atoms with Crippen LogP contribution in [0.2, 0.25) is 10.0 Å². The number of benzene rings is 1. The molecule has 1 aromatic rings. The van der Waals surface area contributed by atoms with Crippen LogP contribution in [0.5, 0.6) is 0 Å². The molecule has 0 bridgehead atoms. The van der Waals surface area contributed by atoms with Crippen LogP contribution in [0.4, 0.5) is 4.79 Å². The van der Waals surface area contributed by atoms with Crippen molar-refractivity contribution in [2.24, 2.45) is 5.92 Å². The molecule has 2 fully saturated rings. The van der Waals surface area contributed by atoms with Gasteiger partial charge < -0.3 is 20.3 Å². The SMILES string of the molecule is CC(C)(C)OC(=O)N[C@H]1CCCCC/C=C\[C@H]2C[C@@]2(C(=O)NS(=O)(=O)c2cc(Cl)cc(Cl)c2)NC(=O)[C@@H]2CCCN2C1=O. The van der Waals surface area contributed by atoms with Crippen LogP contribution in [-0.4, -0.2) is 66.9 Å². The van der Waals surface area contributed by atoms with Gasteiger partial charge in [-0.1, -0.05) is 48.2 Å². The van der Waals surface area contributed by atoms with Crippen LogP contribution < -0.4 is 15.4 Å². The summed E-state index contributed by atoms with van der Waals surface area (Å²) in [5.74, 6) is -2.29. The monoisotopic (exact) mass is 656 g/mol. The first-order valence-corrected chi connectivity index (χ1v) is 16.7. The molecule has 3 aliphatic rings. The van der Waals surface area contributed by atoms with Crippen molar-refractivity contribution < 1.29 is 32.3 Å². The fourth-order valence-corrected chi connectivity index (χ4v) is 7.26. The van der Waals surface area contributed by atoms with Crippen molar-refractivity contribution in [2.75, 3.05) is 6.54 Å². The average Bonchev–Trinajstić information content (AvgIpc) is 3.34. The highest BCUT2D eigenvalue weighted by molar-refractivity contribution is 7.90. The molecule has 0 spiro atoms. The van der Waals surface area contributed by atoms with Gasteiger partial charge in [-0.25, -0.2) is 17.9 Å². The first-order valence-electron chi connectivity index (χ1n) is 14.4. The fourth-order valence-electron chi connectivity index (χ4n) is 5.50. The minimum atomic E-state index is -4.37. The van der Waals surface area contributed by atoms with Crippen molar-refractivity contribution in [2.45, 2.75) is 100 Å². The van der Waals surface area contributed by atoms with Crippen molar-refractivity contribution in [3.8, 4) is 0 Å². The molecule has 4 amide bonds. The summed E-state index contributed by atoms with van der Waals surface area (Å²) in [6.45, 7) is 5.49. The molecule has 0 radical (unpaired) electrons. The Balaban J connectivity index is 1.57. The molecule has 4 rings (SSSR count). The molecule has 1 aromatic carbocycles. The van der Waals surface area contributed by atoms with Gasteiger partial charge in [0.05, 0.1) is 4.90 Å². The third kappa shape index (κ3) is 8.21. The van der Waals surface area contributed by atoms with E-state index < -0.39 is 63.0 Å². The fraction of sp³-hybridized carbons (Fsp3) is 0.586. The number of alkyl carbamates (subject to hydrolysis) is 1. The average molecular weight is 658 g/mol. The zero-order chi connectivity index (χ0) is 31.6. The summed E-state index contributed by atoms with van der Waals surface area (Å²) in [6.07, 6.45) is 7.46. The van der Waals surface area contributed by atoms with Gasteiger partial charge >= 0.3 is 6.09 Å². The van der Waals surface area contributed by atoms with Crippen LogP contribution in [0.15, 0.2) is 35.2 Å². The zero-order valence-corrected chi connectivity index (χ0v) is 26.8. The number of nitrogens with zero attached hydrogens (tertiary/aromatic N) is 1. The highest BCUT2D eigenvalue weighted by atomic mass is 35.5. The van der Waals surface area contributed by atoms with Gasteiger partial charge in [-0.05, 0) is 77.5 Å². The maximum Gasteiger partial charge on any atom is 0.408 e. The molecule has 14 heteroatoms. The number of fused-ring (bicyclic) bond motifs is 2. The lowest BCUT2D eigenvalue weighted by Gasteiger charge is -2.30. The third-order valence-corrected chi connectivity index (χ3v) is 9.45. The first-order chi connectivity index (χ1) is 20.1. The molecule has 1 saturated heterocycles. The van der Waals surface area contributed by atoms with Crippen LogP contribution in [-0.2, 0) is 29.1 Å². The van der Waals surface area contributed by atoms with Crippen molar-refractivity contribution >= 4 is 57.0 Å². The largest absolute Gasteiger partial charge is 0.444 e. The number of ether oxygens (including phenoxy) is 1. The van der Waals surface area contributed by atoms with Gasteiger partial charge in [0.15, 0.2) is 0 Å². The zero-order valence-electron chi connectivity index (χ0n) is 24.5. The number of halogens is 2. The lowest BCUT2D eigenvalue weighted by molar-refractivity contribution is -0.141. The number of hydrogen-bond donors (Lipinski definition) is 3. The van der Waals surface area contributed by atoms with E-state index in [1.165, 1.54) is 23.1 Å². The lowest BCUT2D eigenvalue weighted by atomic mass is 10.0. The van der Waals surface area contributed by atoms with Crippen molar-refractivity contribution in [1.82, 2.24) is 20.3 Å². The van der Waals surface area contributed by atoms with E-state index in [1.807, 2.05) is 12.2 Å². The molecule has 2 heterocycles. The Labute approximate surface area is 262 Å². The van der Waals surface area contributed by atoms with E-state index in [0.717, 1.165) is 12.8 Å². The number of sulfonamides is 1. The Hall–Kier alpha value is -2.83. The maximum atomic E-state index is 13.7. The number of amides is 4. The van der Waals surface area contributed by atoms with Gasteiger partial charge in [0.1, 0.15) is 23.2 Å². The minimum absolute atomic E-state index is 0.0818. The van der Waals surface area contributed by atoms with Gasteiger partial charge in [-0.15, -0.1) is 0 Å². The molecular formula is C29H38Cl2N4O7S. The summed E-state index contributed by atoms with van der Waals surface area (Å²) in [4.78, 5) is 54.6. The number of rotatable bonds is 4. The number of allylic oxidation sites excluding steroid dienone is 1. The van der Waals surface area contributed by atoms with Gasteiger partial charge in [0.25, 0.3) is 15.9 Å². The second kappa shape index (κ2) is 13.0. The molecule has 236 valence electrons. The van der Waals surface area contributed by atoms with E-state index >= 15 is 0 Å². The second-order valence-electron chi connectivity index (χ2n) is 12.3. The predicted octanol–water partition coefficient (Wildman–Crippen LogP) is 4.08. The molecule has 0 aromatic heterocycles. The summed E-state index contributed by atoms with van der Waals surface area (Å²) in [5.41, 5.74) is -2.27. The Bertz CT molecular complexity index is 1390. The Morgan fingerprint density at radius 3 is 2.42 bits per heavy atom. The molecule has 4 atom stereocenters. The summed E-state index contributed by atoms with van der Waals surface area (Å²) >= 11 is 11.9. The smallest absolute Gasteiger partial charge is 0.408 e. The van der Waals surface area contributed by atoms with Crippen LogP contribution in [0.25, 0.3) is 0 Å². The summed E-state index contributed by atoms with van der Waals surface area (Å²) in [7, 11) is -4.37. The molecule has 43 heavy (non-hydrogen) atoms. The lowest BCUT2D eigenvalue weighted by Crippen LogP contribution is -2.58. The quantitative estimate of drug-likeness (QED) is 0.413. The maximum absolute atomic E-state index is 13.7. The minimum Gasteiger partial charge on any atom is -0.444 e. The first kappa shape index (κ1) is 33.1. The summed E-state index contributed by atoms with van der Waals surface area (Å²) in [5, 5.41) is 5.64. The van der Waals surface area contributed by atoms with Crippen LogP contribution in [0, 0.1) is 5.92 Å². The molecule has 1 saturated carbocycles. The standard InChI is InChI=1S/C29H38Cl2N4O7S/c1-28(2,3)42-27(39)32-22-11-8-6-4-5-7-10-18-17-29(18,33-24(36)23-12-9-13-35(23)25(22)37)26(38)34-43(40,41)21-15-19(30)14-20(31)16-21/h7,10,14-16,18,22-23H,4-6,8-9,11-13,17H2,1-3H3,(H,32,39)(H,33,36)(H,34,38)/b10-7-/t18-,22-,23-,29+/m0/s1. The highest BCUT2D eigenvalue weighted by Gasteiger charge is 2.61. The van der Waals surface area contributed by atoms with E-state index in [2.05, 4.69) is 15.4 Å². The second-order valence-corrected chi connectivity index (χ2v) is 14.8. The number of nitrogens with one attached hydrogen (secondary N) is 3. The van der Waals surface area contributed by atoms with Crippen molar-refractivity contribution in [3.63, 3.8) is 0 Å². The normalized spacial score (nSPS) is 27.5. The van der Waals surface area contributed by atoms with Crippen LogP contribution >= 0.6 is 23.2 Å². The van der Waals surface area contributed by atoms with E-state index in [4.69, 9.17) is 27.9 Å². The molecular weight excluding hydrogens is 619 g/mol. The predicted molar refractivity (Wildman–Crippen MR) is 161 cm³/mol. The van der Waals surface area contributed by atoms with E-state index in [1.54, 1.807) is 20.8 Å². The van der Waals surface area contributed by atoms with Crippen molar-refractivity contribution in [3.05, 3.63) is 40.4 Å². The van der Waals surface area contributed by atoms with Crippen LogP contribution in [0.1, 0.15) is 72.1 Å². The summed E-state index contributed by atoms with van der Waals surface area (Å²) < 4.78 is 33.6. The van der Waals surface area contributed by atoms with E-state index in [-0.39, 0.29) is 21.4 Å². The Morgan fingerprint density at radius 1 is 1.05 bits per heavy atom. The molecule has 0 unspecified atom stereocenters. The highest BCUT2D eigenvalue weighted by Crippen LogP contribution is 2.46. The third-order valence-electron chi connectivity index (χ3n) is 7.70. The molecule has 1 aliphatic carbocycles. The van der Waals surface area contributed by atoms with E-state index in [0.29, 0.717) is 38.6 Å². The number of hydrogen-bond acceptors (Lipinski definition) is 7. The van der Waals surface area contributed by atoms with Gasteiger partial charge in [-0.3, -0.25) is 14.4 Å². The van der Waals surface area contributed by atoms with Gasteiger partial charge in [-0.2, -0.15) is 0 Å². The molecule has 3 N–H and O–H groups in total. The molecule has 2 aliphatic heterocycles. The molecule has 11 nitrogen and oxygen atoms in total. The summed E-state index contributed by atoms with van der Waals surface area (Å²) in [6, 6.07) is 1.93. The van der Waals surface area contributed by atoms with Crippen molar-refractivity contribution in [1.29, 1.82) is 0 Å². The Kier molecular flexibility index (Phi) is 10.0. The van der Waals surface area contributed by atoms with Gasteiger partial charge in [0, 0.05) is 22.5 Å². The van der Waals surface area contributed by atoms with Gasteiger partial charge in [0.2, 0.25) is 11.8 Å². The van der Waals surface area contributed by atoms with E-state index in [9.17, 15) is 27.6 Å². The number of carbonyl (C=O) groups is 4. The number of carbonyl (C=O) groups excluding carboxylic acids is 4.